The van der Waals surface area contributed by atoms with Gasteiger partial charge >= 0.3 is 0 Å². The summed E-state index contributed by atoms with van der Waals surface area (Å²) in [5, 5.41) is 12.9. The van der Waals surface area contributed by atoms with Crippen LogP contribution in [0.2, 0.25) is 0 Å². The Morgan fingerprint density at radius 2 is 2.47 bits per heavy atom. The summed E-state index contributed by atoms with van der Waals surface area (Å²) < 4.78 is 0. The topological polar surface area (TPSA) is 66.5 Å². The van der Waals surface area contributed by atoms with Crippen LogP contribution in [-0.2, 0) is 6.42 Å². The van der Waals surface area contributed by atoms with E-state index in [1.807, 2.05) is 6.92 Å². The van der Waals surface area contributed by atoms with Crippen LogP contribution in [0.1, 0.15) is 31.4 Å². The lowest BCUT2D eigenvalue weighted by molar-refractivity contribution is 0.793. The van der Waals surface area contributed by atoms with Gasteiger partial charge in [-0.05, 0) is 13.3 Å². The minimum absolute atomic E-state index is 0.100. The highest BCUT2D eigenvalue weighted by Gasteiger charge is 2.09. The molecule has 0 spiro atoms. The summed E-state index contributed by atoms with van der Waals surface area (Å²) >= 11 is 1.62. The van der Waals surface area contributed by atoms with Crippen molar-refractivity contribution in [3.8, 4) is 0 Å². The predicted octanol–water partition coefficient (Wildman–Crippen LogP) is 2.00. The van der Waals surface area contributed by atoms with Gasteiger partial charge in [0.2, 0.25) is 0 Å². The lowest BCUT2D eigenvalue weighted by Gasteiger charge is -2.08. The molecule has 0 aliphatic rings. The lowest BCUT2D eigenvalue weighted by atomic mass is 10.3. The van der Waals surface area contributed by atoms with Gasteiger partial charge in [0.25, 0.3) is 0 Å². The van der Waals surface area contributed by atoms with Crippen LogP contribution in [0, 0.1) is 0 Å². The number of rotatable bonds is 4. The number of anilines is 1. The minimum atomic E-state index is 0.100. The van der Waals surface area contributed by atoms with Crippen LogP contribution < -0.4 is 5.32 Å². The van der Waals surface area contributed by atoms with Crippen molar-refractivity contribution in [1.29, 1.82) is 0 Å². The van der Waals surface area contributed by atoms with E-state index in [1.54, 1.807) is 11.3 Å². The summed E-state index contributed by atoms with van der Waals surface area (Å²) in [5.74, 6) is 0.822. The van der Waals surface area contributed by atoms with E-state index in [1.165, 1.54) is 6.33 Å². The summed E-state index contributed by atoms with van der Waals surface area (Å²) in [6.07, 6.45) is 2.47. The molecule has 0 aromatic carbocycles. The smallest absolute Gasteiger partial charge is 0.183 e. The molecule has 2 heterocycles. The van der Waals surface area contributed by atoms with Gasteiger partial charge in [0, 0.05) is 5.38 Å². The summed E-state index contributed by atoms with van der Waals surface area (Å²) in [6.45, 7) is 4.12. The van der Waals surface area contributed by atoms with Crippen LogP contribution in [0.15, 0.2) is 11.7 Å². The van der Waals surface area contributed by atoms with Crippen molar-refractivity contribution >= 4 is 16.5 Å². The predicted molar refractivity (Wildman–Crippen MR) is 59.9 cm³/mol. The molecule has 0 amide bonds. The van der Waals surface area contributed by atoms with Crippen molar-refractivity contribution in [2.75, 3.05) is 5.32 Å². The van der Waals surface area contributed by atoms with E-state index in [-0.39, 0.29) is 6.04 Å². The number of H-pyrrole nitrogens is 1. The zero-order valence-corrected chi connectivity index (χ0v) is 9.51. The number of aromatic amines is 1. The summed E-state index contributed by atoms with van der Waals surface area (Å²) in [7, 11) is 0. The molecule has 2 aromatic rings. The Labute approximate surface area is 92.0 Å². The normalized spacial score (nSPS) is 12.7. The minimum Gasteiger partial charge on any atom is -0.352 e. The second-order valence-corrected chi connectivity index (χ2v) is 4.09. The van der Waals surface area contributed by atoms with Crippen LogP contribution in [-0.4, -0.2) is 20.2 Å². The quantitative estimate of drug-likeness (QED) is 0.832. The molecule has 0 aliphatic carbocycles. The fraction of sp³-hybridized carbons (Fsp3) is 0.444. The Balaban J connectivity index is 2.02. The van der Waals surface area contributed by atoms with Gasteiger partial charge in [-0.25, -0.2) is 9.97 Å². The van der Waals surface area contributed by atoms with Gasteiger partial charge in [0.05, 0.1) is 11.7 Å². The van der Waals surface area contributed by atoms with Gasteiger partial charge < -0.3 is 5.32 Å². The van der Waals surface area contributed by atoms with Crippen LogP contribution in [0.25, 0.3) is 0 Å². The third-order valence-electron chi connectivity index (χ3n) is 2.10. The molecule has 0 fully saturated rings. The molecular weight excluding hydrogens is 210 g/mol. The Hall–Kier alpha value is -1.43. The van der Waals surface area contributed by atoms with Crippen molar-refractivity contribution < 1.29 is 0 Å². The molecule has 0 saturated carbocycles. The summed E-state index contributed by atoms with van der Waals surface area (Å²) in [5.41, 5.74) is 1.12. The van der Waals surface area contributed by atoms with Gasteiger partial charge in [0.15, 0.2) is 5.13 Å². The van der Waals surface area contributed by atoms with E-state index in [4.69, 9.17) is 0 Å². The SMILES string of the molecule is CCc1csc(NC(C)c2ncn[nH]2)n1. The van der Waals surface area contributed by atoms with Gasteiger partial charge in [-0.2, -0.15) is 5.10 Å². The number of nitrogens with one attached hydrogen (secondary N) is 2. The first-order valence-electron chi connectivity index (χ1n) is 4.85. The number of aromatic nitrogens is 4. The van der Waals surface area contributed by atoms with Gasteiger partial charge in [-0.15, -0.1) is 11.3 Å². The van der Waals surface area contributed by atoms with Gasteiger partial charge in [-0.3, -0.25) is 5.10 Å². The first-order chi connectivity index (χ1) is 7.29. The van der Waals surface area contributed by atoms with Crippen LogP contribution in [0.5, 0.6) is 0 Å². The summed E-state index contributed by atoms with van der Waals surface area (Å²) in [6, 6.07) is 0.100. The Morgan fingerprint density at radius 3 is 3.07 bits per heavy atom. The Kier molecular flexibility index (Phi) is 2.96. The Morgan fingerprint density at radius 1 is 1.60 bits per heavy atom. The van der Waals surface area contributed by atoms with Gasteiger partial charge in [0.1, 0.15) is 12.2 Å². The number of hydrogen-bond donors (Lipinski definition) is 2. The average molecular weight is 223 g/mol. The maximum absolute atomic E-state index is 4.42. The largest absolute Gasteiger partial charge is 0.352 e. The molecule has 0 bridgehead atoms. The van der Waals surface area contributed by atoms with Crippen molar-refractivity contribution in [2.45, 2.75) is 26.3 Å². The second kappa shape index (κ2) is 4.39. The molecule has 1 unspecified atom stereocenters. The molecule has 2 N–H and O–H groups in total. The van der Waals surface area contributed by atoms with E-state index in [0.717, 1.165) is 23.1 Å². The van der Waals surface area contributed by atoms with Crippen LogP contribution >= 0.6 is 11.3 Å². The highest BCUT2D eigenvalue weighted by atomic mass is 32.1. The molecule has 0 aliphatic heterocycles. The van der Waals surface area contributed by atoms with Crippen molar-refractivity contribution in [3.63, 3.8) is 0 Å². The van der Waals surface area contributed by atoms with E-state index >= 15 is 0 Å². The number of thiazole rings is 1. The third kappa shape index (κ3) is 2.33. The maximum Gasteiger partial charge on any atom is 0.183 e. The standard InChI is InChI=1S/C9H13N5S/c1-3-7-4-15-9(13-7)12-6(2)8-10-5-11-14-8/h4-6H,3H2,1-2H3,(H,12,13)(H,10,11,14). The van der Waals surface area contributed by atoms with E-state index < -0.39 is 0 Å². The monoisotopic (exact) mass is 223 g/mol. The van der Waals surface area contributed by atoms with E-state index in [2.05, 4.69) is 37.8 Å². The number of aryl methyl sites for hydroxylation is 1. The fourth-order valence-corrected chi connectivity index (χ4v) is 2.09. The van der Waals surface area contributed by atoms with Crippen molar-refractivity contribution in [2.24, 2.45) is 0 Å². The molecule has 1 atom stereocenters. The highest BCUT2D eigenvalue weighted by molar-refractivity contribution is 7.13. The van der Waals surface area contributed by atoms with Gasteiger partial charge in [-0.1, -0.05) is 6.92 Å². The van der Waals surface area contributed by atoms with Crippen LogP contribution in [0.4, 0.5) is 5.13 Å². The molecule has 2 aromatic heterocycles. The molecule has 0 saturated heterocycles. The second-order valence-electron chi connectivity index (χ2n) is 3.23. The molecule has 15 heavy (non-hydrogen) atoms. The average Bonchev–Trinajstić information content (AvgIpc) is 2.87. The zero-order valence-electron chi connectivity index (χ0n) is 8.69. The molecular formula is C9H13N5S. The Bertz CT molecular complexity index is 408. The van der Waals surface area contributed by atoms with Crippen molar-refractivity contribution in [1.82, 2.24) is 20.2 Å². The fourth-order valence-electron chi connectivity index (χ4n) is 1.21. The molecule has 6 heteroatoms. The molecule has 0 radical (unpaired) electrons. The molecule has 2 rings (SSSR count). The first kappa shape index (κ1) is 10.1. The van der Waals surface area contributed by atoms with Crippen LogP contribution in [0.3, 0.4) is 0 Å². The maximum atomic E-state index is 4.42. The summed E-state index contributed by atoms with van der Waals surface area (Å²) in [4.78, 5) is 8.51. The van der Waals surface area contributed by atoms with Crippen molar-refractivity contribution in [3.05, 3.63) is 23.2 Å². The molecule has 80 valence electrons. The zero-order chi connectivity index (χ0) is 10.7. The number of hydrogen-bond acceptors (Lipinski definition) is 5. The lowest BCUT2D eigenvalue weighted by Crippen LogP contribution is -2.08. The highest BCUT2D eigenvalue weighted by Crippen LogP contribution is 2.20. The third-order valence-corrected chi connectivity index (χ3v) is 2.92. The number of nitrogens with zero attached hydrogens (tertiary/aromatic N) is 3. The molecule has 5 nitrogen and oxygen atoms in total. The van der Waals surface area contributed by atoms with E-state index in [9.17, 15) is 0 Å². The first-order valence-corrected chi connectivity index (χ1v) is 5.73. The van der Waals surface area contributed by atoms with E-state index in [0.29, 0.717) is 0 Å².